The van der Waals surface area contributed by atoms with E-state index in [0.717, 1.165) is 0 Å². The molecule has 0 spiro atoms. The molecule has 1 nitrogen and oxygen atoms in total. The number of quaternary nitrogens is 1. The summed E-state index contributed by atoms with van der Waals surface area (Å²) >= 11 is 0. The lowest BCUT2D eigenvalue weighted by atomic mass is 10.2. The highest BCUT2D eigenvalue weighted by Crippen LogP contribution is 2.10. The third-order valence-electron chi connectivity index (χ3n) is 1.53. The summed E-state index contributed by atoms with van der Waals surface area (Å²) in [6.07, 6.45) is 1.44. The van der Waals surface area contributed by atoms with Crippen LogP contribution in [0.15, 0.2) is 0 Å². The van der Waals surface area contributed by atoms with Gasteiger partial charge in [0, 0.05) is 6.42 Å². The van der Waals surface area contributed by atoms with Gasteiger partial charge in [0.25, 0.3) is 0 Å². The fourth-order valence-electron chi connectivity index (χ4n) is 0.791. The first-order valence-corrected chi connectivity index (χ1v) is 2.53. The van der Waals surface area contributed by atoms with Crippen molar-refractivity contribution in [2.75, 3.05) is 27.2 Å². The molecule has 0 N–H and O–H groups in total. The standard InChI is InChI=1S/C5H12N/c1-6(2)4-3-5-6/h3-5H2,1-2H3/q+1. The van der Waals surface area contributed by atoms with E-state index in [4.69, 9.17) is 0 Å². The average Bonchev–Trinajstić information content (AvgIpc) is 1.32. The Morgan fingerprint density at radius 2 is 1.50 bits per heavy atom. The molecule has 1 aliphatic heterocycles. The van der Waals surface area contributed by atoms with Crippen LogP contribution in [0.3, 0.4) is 0 Å². The molecule has 0 aliphatic carbocycles. The number of hydrogen-bond donors (Lipinski definition) is 0. The molecular formula is C5H12N+. The second-order valence-electron chi connectivity index (χ2n) is 2.74. The van der Waals surface area contributed by atoms with Crippen LogP contribution < -0.4 is 0 Å². The van der Waals surface area contributed by atoms with Gasteiger partial charge in [-0.25, -0.2) is 0 Å². The number of rotatable bonds is 0. The molecule has 0 amide bonds. The first-order chi connectivity index (χ1) is 2.71. The van der Waals surface area contributed by atoms with E-state index in [9.17, 15) is 0 Å². The van der Waals surface area contributed by atoms with Crippen molar-refractivity contribution in [2.45, 2.75) is 6.42 Å². The second-order valence-corrected chi connectivity index (χ2v) is 2.74. The van der Waals surface area contributed by atoms with E-state index in [2.05, 4.69) is 14.1 Å². The van der Waals surface area contributed by atoms with Gasteiger partial charge in [0.05, 0.1) is 27.2 Å². The van der Waals surface area contributed by atoms with E-state index < -0.39 is 0 Å². The van der Waals surface area contributed by atoms with Gasteiger partial charge in [-0.15, -0.1) is 0 Å². The van der Waals surface area contributed by atoms with Crippen LogP contribution in [0.2, 0.25) is 0 Å². The third-order valence-corrected chi connectivity index (χ3v) is 1.53. The van der Waals surface area contributed by atoms with Crippen LogP contribution in [-0.4, -0.2) is 31.7 Å². The average molecular weight is 86.2 g/mol. The lowest BCUT2D eigenvalue weighted by Crippen LogP contribution is -2.50. The Hall–Kier alpha value is -0.0400. The molecule has 0 unspecified atom stereocenters. The number of likely N-dealkylation sites (tertiary alicyclic amines) is 1. The molecule has 0 radical (unpaired) electrons. The Labute approximate surface area is 39.2 Å². The van der Waals surface area contributed by atoms with Crippen LogP contribution >= 0.6 is 0 Å². The van der Waals surface area contributed by atoms with Crippen molar-refractivity contribution in [3.05, 3.63) is 0 Å². The molecule has 1 heteroatoms. The zero-order chi connectivity index (χ0) is 4.62. The van der Waals surface area contributed by atoms with Crippen LogP contribution in [0.25, 0.3) is 0 Å². The van der Waals surface area contributed by atoms with Crippen LogP contribution in [0.4, 0.5) is 0 Å². The van der Waals surface area contributed by atoms with Gasteiger partial charge in [-0.1, -0.05) is 0 Å². The molecule has 1 heterocycles. The smallest absolute Gasteiger partial charge is 0.0836 e. The van der Waals surface area contributed by atoms with Gasteiger partial charge in [-0.05, 0) is 0 Å². The Morgan fingerprint density at radius 1 is 1.17 bits per heavy atom. The van der Waals surface area contributed by atoms with Crippen molar-refractivity contribution in [3.8, 4) is 0 Å². The summed E-state index contributed by atoms with van der Waals surface area (Å²) in [5.41, 5.74) is 0. The fraction of sp³-hybridized carbons (Fsp3) is 1.00. The summed E-state index contributed by atoms with van der Waals surface area (Å²) in [7, 11) is 4.53. The van der Waals surface area contributed by atoms with E-state index in [-0.39, 0.29) is 0 Å². The normalized spacial score (nSPS) is 29.0. The Balaban J connectivity index is 2.31. The predicted molar refractivity (Wildman–Crippen MR) is 26.5 cm³/mol. The van der Waals surface area contributed by atoms with Gasteiger partial charge in [0.2, 0.25) is 0 Å². The van der Waals surface area contributed by atoms with Gasteiger partial charge >= 0.3 is 0 Å². The molecule has 0 bridgehead atoms. The molecule has 0 aromatic carbocycles. The summed E-state index contributed by atoms with van der Waals surface area (Å²) in [5, 5.41) is 0. The molecule has 36 valence electrons. The second kappa shape index (κ2) is 0.969. The minimum Gasteiger partial charge on any atom is -0.328 e. The summed E-state index contributed by atoms with van der Waals surface area (Å²) in [6.45, 7) is 2.78. The van der Waals surface area contributed by atoms with Gasteiger partial charge in [-0.3, -0.25) is 0 Å². The van der Waals surface area contributed by atoms with Crippen molar-refractivity contribution < 1.29 is 4.48 Å². The summed E-state index contributed by atoms with van der Waals surface area (Å²) in [4.78, 5) is 0. The zero-order valence-corrected chi connectivity index (χ0v) is 4.57. The maximum absolute atomic E-state index is 2.27. The third kappa shape index (κ3) is 0.548. The molecule has 0 atom stereocenters. The van der Waals surface area contributed by atoms with Gasteiger partial charge in [-0.2, -0.15) is 0 Å². The minimum absolute atomic E-state index is 1.25. The van der Waals surface area contributed by atoms with Crippen molar-refractivity contribution in [1.82, 2.24) is 0 Å². The van der Waals surface area contributed by atoms with E-state index in [1.807, 2.05) is 0 Å². The molecule has 1 fully saturated rings. The highest BCUT2D eigenvalue weighted by molar-refractivity contribution is 4.45. The maximum atomic E-state index is 2.27. The van der Waals surface area contributed by atoms with E-state index >= 15 is 0 Å². The molecule has 1 saturated heterocycles. The summed E-state index contributed by atoms with van der Waals surface area (Å²) < 4.78 is 1.25. The largest absolute Gasteiger partial charge is 0.328 e. The Morgan fingerprint density at radius 3 is 1.50 bits per heavy atom. The van der Waals surface area contributed by atoms with Gasteiger partial charge < -0.3 is 4.48 Å². The van der Waals surface area contributed by atoms with Crippen molar-refractivity contribution >= 4 is 0 Å². The first kappa shape index (κ1) is 4.13. The molecule has 0 aromatic rings. The minimum atomic E-state index is 1.25. The van der Waals surface area contributed by atoms with Crippen LogP contribution in [0.5, 0.6) is 0 Å². The SMILES string of the molecule is C[N+]1(C)CCC1. The lowest BCUT2D eigenvalue weighted by Gasteiger charge is -2.37. The topological polar surface area (TPSA) is 0 Å². The monoisotopic (exact) mass is 86.1 g/mol. The van der Waals surface area contributed by atoms with Crippen molar-refractivity contribution in [3.63, 3.8) is 0 Å². The lowest BCUT2D eigenvalue weighted by molar-refractivity contribution is -0.927. The molecule has 0 aromatic heterocycles. The first-order valence-electron chi connectivity index (χ1n) is 2.53. The predicted octanol–water partition coefficient (Wildman–Crippen LogP) is 0.466. The van der Waals surface area contributed by atoms with Crippen LogP contribution in [-0.2, 0) is 0 Å². The maximum Gasteiger partial charge on any atom is 0.0836 e. The highest BCUT2D eigenvalue weighted by Gasteiger charge is 2.23. The Kier molecular flexibility index (Phi) is 0.667. The highest BCUT2D eigenvalue weighted by atomic mass is 15.3. The van der Waals surface area contributed by atoms with E-state index in [1.165, 1.54) is 24.0 Å². The fourth-order valence-corrected chi connectivity index (χ4v) is 0.791. The molecule has 1 aliphatic rings. The summed E-state index contributed by atoms with van der Waals surface area (Å²) in [6, 6.07) is 0. The molecule has 6 heavy (non-hydrogen) atoms. The van der Waals surface area contributed by atoms with Crippen LogP contribution in [0.1, 0.15) is 6.42 Å². The Bertz CT molecular complexity index is 51.0. The molecule has 1 rings (SSSR count). The summed E-state index contributed by atoms with van der Waals surface area (Å²) in [5.74, 6) is 0. The van der Waals surface area contributed by atoms with Crippen molar-refractivity contribution in [1.29, 1.82) is 0 Å². The van der Waals surface area contributed by atoms with E-state index in [0.29, 0.717) is 0 Å². The van der Waals surface area contributed by atoms with Gasteiger partial charge in [0.1, 0.15) is 0 Å². The van der Waals surface area contributed by atoms with E-state index in [1.54, 1.807) is 0 Å². The quantitative estimate of drug-likeness (QED) is 0.376. The van der Waals surface area contributed by atoms with Crippen LogP contribution in [0, 0.1) is 0 Å². The zero-order valence-electron chi connectivity index (χ0n) is 4.57. The number of hydrogen-bond acceptors (Lipinski definition) is 0. The number of nitrogens with zero attached hydrogens (tertiary/aromatic N) is 1. The molecule has 0 saturated carbocycles. The molecular weight excluding hydrogens is 74.1 g/mol. The van der Waals surface area contributed by atoms with Gasteiger partial charge in [0.15, 0.2) is 0 Å². The van der Waals surface area contributed by atoms with Crippen molar-refractivity contribution in [2.24, 2.45) is 0 Å².